The molecule has 0 spiro atoms. The molecule has 0 bridgehead atoms. The van der Waals surface area contributed by atoms with Crippen molar-refractivity contribution in [1.29, 1.82) is 0 Å². The smallest absolute Gasteiger partial charge is 0.326 e. The van der Waals surface area contributed by atoms with Gasteiger partial charge in [0.25, 0.3) is 5.56 Å². The number of fused-ring (bicyclic) bond motifs is 1. The number of allylic oxidation sites excluding steroid dienone is 2. The van der Waals surface area contributed by atoms with Crippen molar-refractivity contribution >= 4 is 23.4 Å². The van der Waals surface area contributed by atoms with E-state index in [-0.39, 0.29) is 5.56 Å². The fraction of sp³-hybridized carbons (Fsp3) is 0.250. The van der Waals surface area contributed by atoms with Crippen LogP contribution in [0.3, 0.4) is 0 Å². The Labute approximate surface area is 132 Å². The van der Waals surface area contributed by atoms with Gasteiger partial charge in [-0.25, -0.2) is 4.79 Å². The van der Waals surface area contributed by atoms with Gasteiger partial charge in [-0.2, -0.15) is 5.10 Å². The molecule has 1 atom stereocenters. The van der Waals surface area contributed by atoms with Crippen molar-refractivity contribution in [1.82, 2.24) is 14.3 Å². The van der Waals surface area contributed by atoms with E-state index in [0.29, 0.717) is 17.7 Å². The molecule has 0 saturated carbocycles. The van der Waals surface area contributed by atoms with E-state index in [4.69, 9.17) is 5.11 Å². The minimum absolute atomic E-state index is 0.321. The van der Waals surface area contributed by atoms with Gasteiger partial charge < -0.3 is 9.67 Å². The first-order chi connectivity index (χ1) is 11.0. The van der Waals surface area contributed by atoms with Crippen molar-refractivity contribution in [3.63, 3.8) is 0 Å². The van der Waals surface area contributed by atoms with Crippen molar-refractivity contribution in [2.24, 2.45) is 12.0 Å². The van der Waals surface area contributed by atoms with Gasteiger partial charge in [-0.15, -0.1) is 0 Å². The number of aryl methyl sites for hydroxylation is 1. The largest absolute Gasteiger partial charge is 0.480 e. The number of hydrogen-bond donors (Lipinski definition) is 1. The van der Waals surface area contributed by atoms with Crippen molar-refractivity contribution in [3.8, 4) is 0 Å². The van der Waals surface area contributed by atoms with E-state index in [9.17, 15) is 9.59 Å². The summed E-state index contributed by atoms with van der Waals surface area (Å²) in [6.07, 6.45) is 9.09. The van der Waals surface area contributed by atoms with Crippen molar-refractivity contribution in [2.75, 3.05) is 0 Å². The molecule has 1 aliphatic heterocycles. The molecule has 0 radical (unpaired) electrons. The highest BCUT2D eigenvalue weighted by molar-refractivity contribution is 6.11. The maximum atomic E-state index is 12.5. The summed E-state index contributed by atoms with van der Waals surface area (Å²) >= 11 is 0. The number of carboxylic acid groups (broad SMARTS) is 1. The first-order valence-corrected chi connectivity index (χ1v) is 7.17. The number of aliphatic imine (C=N–C) groups is 1. The van der Waals surface area contributed by atoms with Gasteiger partial charge in [-0.1, -0.05) is 6.08 Å². The van der Waals surface area contributed by atoms with Crippen LogP contribution in [-0.2, 0) is 18.3 Å². The fourth-order valence-electron chi connectivity index (χ4n) is 2.49. The highest BCUT2D eigenvalue weighted by atomic mass is 16.4. The van der Waals surface area contributed by atoms with Crippen LogP contribution in [0.4, 0.5) is 5.69 Å². The molecule has 7 nitrogen and oxygen atoms in total. The lowest BCUT2D eigenvalue weighted by Crippen LogP contribution is -2.29. The van der Waals surface area contributed by atoms with Gasteiger partial charge in [-0.3, -0.25) is 14.5 Å². The minimum atomic E-state index is -1.05. The maximum absolute atomic E-state index is 12.5. The lowest BCUT2D eigenvalue weighted by molar-refractivity contribution is -0.140. The zero-order valence-electron chi connectivity index (χ0n) is 12.8. The number of aromatic nitrogens is 3. The van der Waals surface area contributed by atoms with Gasteiger partial charge in [0.1, 0.15) is 6.04 Å². The van der Waals surface area contributed by atoms with Crippen LogP contribution in [0.25, 0.3) is 5.57 Å². The number of carbonyl (C=O) groups is 1. The van der Waals surface area contributed by atoms with E-state index in [0.717, 1.165) is 11.1 Å². The molecule has 0 amide bonds. The van der Waals surface area contributed by atoms with Gasteiger partial charge in [0.05, 0.1) is 11.9 Å². The lowest BCUT2D eigenvalue weighted by Gasteiger charge is -2.12. The number of pyridine rings is 1. The minimum Gasteiger partial charge on any atom is -0.480 e. The second kappa shape index (κ2) is 5.68. The van der Waals surface area contributed by atoms with E-state index >= 15 is 0 Å². The maximum Gasteiger partial charge on any atom is 0.326 e. The Hall–Kier alpha value is -2.96. The van der Waals surface area contributed by atoms with Gasteiger partial charge in [0, 0.05) is 36.8 Å². The Balaban J connectivity index is 2.02. The highest BCUT2D eigenvalue weighted by Gasteiger charge is 2.19. The predicted molar refractivity (Wildman–Crippen MR) is 86.1 cm³/mol. The number of carboxylic acids is 1. The molecule has 0 saturated heterocycles. The average molecular weight is 312 g/mol. The zero-order chi connectivity index (χ0) is 16.6. The molecule has 2 aromatic heterocycles. The van der Waals surface area contributed by atoms with Crippen LogP contribution in [0.2, 0.25) is 0 Å². The molecule has 3 rings (SSSR count). The Kier molecular flexibility index (Phi) is 3.69. The van der Waals surface area contributed by atoms with Crippen LogP contribution in [0.15, 0.2) is 40.5 Å². The molecule has 2 aromatic rings. The third kappa shape index (κ3) is 2.73. The van der Waals surface area contributed by atoms with Crippen LogP contribution < -0.4 is 5.56 Å². The number of aliphatic carboxylic acids is 1. The molecule has 0 aliphatic carbocycles. The van der Waals surface area contributed by atoms with Gasteiger partial charge in [0.2, 0.25) is 0 Å². The Bertz CT molecular complexity index is 889. The molecule has 1 N–H and O–H groups in total. The number of hydrogen-bond acceptors (Lipinski definition) is 4. The quantitative estimate of drug-likeness (QED) is 0.931. The topological polar surface area (TPSA) is 89.5 Å². The highest BCUT2D eigenvalue weighted by Crippen LogP contribution is 2.23. The molecule has 0 fully saturated rings. The monoisotopic (exact) mass is 312 g/mol. The molecule has 7 heteroatoms. The first-order valence-electron chi connectivity index (χ1n) is 7.17. The summed E-state index contributed by atoms with van der Waals surface area (Å²) in [5, 5.41) is 13.2. The summed E-state index contributed by atoms with van der Waals surface area (Å²) in [7, 11) is 1.83. The fourth-order valence-corrected chi connectivity index (χ4v) is 2.49. The molecule has 3 heterocycles. The second-order valence-corrected chi connectivity index (χ2v) is 5.43. The Morgan fingerprint density at radius 1 is 1.43 bits per heavy atom. The Morgan fingerprint density at radius 2 is 2.22 bits per heavy atom. The van der Waals surface area contributed by atoms with Gasteiger partial charge in [0.15, 0.2) is 0 Å². The van der Waals surface area contributed by atoms with Gasteiger partial charge in [-0.05, 0) is 25.0 Å². The van der Waals surface area contributed by atoms with E-state index in [1.165, 1.54) is 17.7 Å². The van der Waals surface area contributed by atoms with E-state index in [1.807, 2.05) is 19.3 Å². The summed E-state index contributed by atoms with van der Waals surface area (Å²) in [6.45, 7) is 1.48. The van der Waals surface area contributed by atoms with Crippen molar-refractivity contribution in [3.05, 3.63) is 52.2 Å². The predicted octanol–water partition coefficient (Wildman–Crippen LogP) is 1.57. The van der Waals surface area contributed by atoms with Crippen LogP contribution in [0.5, 0.6) is 0 Å². The average Bonchev–Trinajstić information content (AvgIpc) is 2.82. The summed E-state index contributed by atoms with van der Waals surface area (Å²) in [6, 6.07) is 0.758. The summed E-state index contributed by atoms with van der Waals surface area (Å²) in [5.41, 5.74) is 2.54. The van der Waals surface area contributed by atoms with Crippen LogP contribution >= 0.6 is 0 Å². The molecular formula is C16H16N4O3. The summed E-state index contributed by atoms with van der Waals surface area (Å²) < 4.78 is 2.92. The summed E-state index contributed by atoms with van der Waals surface area (Å²) in [5.74, 6) is -1.05. The van der Waals surface area contributed by atoms with Crippen LogP contribution in [0.1, 0.15) is 24.1 Å². The molecule has 1 unspecified atom stereocenters. The zero-order valence-corrected chi connectivity index (χ0v) is 12.8. The van der Waals surface area contributed by atoms with Crippen molar-refractivity contribution in [2.45, 2.75) is 19.4 Å². The number of nitrogens with zero attached hydrogens (tertiary/aromatic N) is 4. The number of rotatable bonds is 3. The Morgan fingerprint density at radius 3 is 2.87 bits per heavy atom. The standard InChI is InChI=1S/C16H16N4O3/c1-10(16(22)23)20-6-5-14-13(15(20)21)4-3-11(7-17-14)12-8-18-19(2)9-12/h3,5-10H,4H2,1-2H3,(H,22,23). The molecule has 0 aromatic carbocycles. The normalized spacial score (nSPS) is 14.8. The van der Waals surface area contributed by atoms with E-state index in [1.54, 1.807) is 23.2 Å². The van der Waals surface area contributed by atoms with Crippen LogP contribution in [0, 0.1) is 0 Å². The third-order valence-electron chi connectivity index (χ3n) is 3.88. The first kappa shape index (κ1) is 15.0. The SMILES string of the molecule is CC(C(=O)O)n1ccc2c(c1=O)CC=C(c1cnn(C)c1)C=N2. The van der Waals surface area contributed by atoms with E-state index in [2.05, 4.69) is 10.1 Å². The van der Waals surface area contributed by atoms with Gasteiger partial charge >= 0.3 is 5.97 Å². The molecular weight excluding hydrogens is 296 g/mol. The third-order valence-corrected chi connectivity index (χ3v) is 3.88. The lowest BCUT2D eigenvalue weighted by atomic mass is 10.1. The van der Waals surface area contributed by atoms with Crippen LogP contribution in [-0.4, -0.2) is 31.6 Å². The molecule has 118 valence electrons. The molecule has 23 heavy (non-hydrogen) atoms. The summed E-state index contributed by atoms with van der Waals surface area (Å²) in [4.78, 5) is 28.0. The molecule has 1 aliphatic rings. The van der Waals surface area contributed by atoms with Crippen molar-refractivity contribution < 1.29 is 9.90 Å². The second-order valence-electron chi connectivity index (χ2n) is 5.43. The van der Waals surface area contributed by atoms with E-state index < -0.39 is 12.0 Å².